The molecule has 0 bridgehead atoms. The molecule has 0 amide bonds. The Hall–Kier alpha value is -2.30. The average Bonchev–Trinajstić information content (AvgIpc) is 3.00. The first-order valence-corrected chi connectivity index (χ1v) is 6.96. The highest BCUT2D eigenvalue weighted by Gasteiger charge is 2.06. The van der Waals surface area contributed by atoms with Gasteiger partial charge >= 0.3 is 0 Å². The number of nitrogens with one attached hydrogen (secondary N) is 2. The summed E-state index contributed by atoms with van der Waals surface area (Å²) < 4.78 is 2.08. The second-order valence-corrected chi connectivity index (χ2v) is 4.87. The lowest BCUT2D eigenvalue weighted by Gasteiger charge is -2.17. The smallest absolute Gasteiger partial charge is 0.191 e. The number of hydrogen-bond donors (Lipinski definition) is 2. The molecule has 0 aliphatic carbocycles. The molecule has 0 unspecified atom stereocenters. The Labute approximate surface area is 118 Å². The predicted molar refractivity (Wildman–Crippen MR) is 79.5 cm³/mol. The standard InChI is InChI=1S/C15H19N5/c1-2-5-14(11-20-9-8-16-12-20)13(4-1)10-19-15-17-6-3-7-18-15/h1-2,4-5,8-9,12H,3,6-7,10-11H2,(H2,17,18,19). The Balaban J connectivity index is 1.67. The number of imidazole rings is 1. The summed E-state index contributed by atoms with van der Waals surface area (Å²) in [4.78, 5) is 8.51. The van der Waals surface area contributed by atoms with Gasteiger partial charge in [-0.15, -0.1) is 0 Å². The number of guanidine groups is 1. The maximum atomic E-state index is 4.43. The van der Waals surface area contributed by atoms with Gasteiger partial charge in [-0.3, -0.25) is 4.99 Å². The van der Waals surface area contributed by atoms with Gasteiger partial charge in [0.2, 0.25) is 0 Å². The largest absolute Gasteiger partial charge is 0.356 e. The highest BCUT2D eigenvalue weighted by Crippen LogP contribution is 2.10. The van der Waals surface area contributed by atoms with Crippen LogP contribution in [0, 0.1) is 0 Å². The van der Waals surface area contributed by atoms with Crippen molar-refractivity contribution in [3.8, 4) is 0 Å². The van der Waals surface area contributed by atoms with E-state index in [2.05, 4.69) is 49.4 Å². The van der Waals surface area contributed by atoms with Crippen molar-refractivity contribution in [3.63, 3.8) is 0 Å². The van der Waals surface area contributed by atoms with E-state index in [1.807, 2.05) is 18.7 Å². The Morgan fingerprint density at radius 2 is 2.15 bits per heavy atom. The fourth-order valence-electron chi connectivity index (χ4n) is 2.29. The molecule has 3 rings (SSSR count). The van der Waals surface area contributed by atoms with Crippen LogP contribution >= 0.6 is 0 Å². The van der Waals surface area contributed by atoms with Gasteiger partial charge < -0.3 is 15.2 Å². The first-order valence-electron chi connectivity index (χ1n) is 6.96. The molecule has 1 aromatic heterocycles. The minimum Gasteiger partial charge on any atom is -0.356 e. The van der Waals surface area contributed by atoms with Gasteiger partial charge in [0.25, 0.3) is 0 Å². The fraction of sp³-hybridized carbons (Fsp3) is 0.333. The molecule has 0 radical (unpaired) electrons. The highest BCUT2D eigenvalue weighted by molar-refractivity contribution is 5.80. The van der Waals surface area contributed by atoms with E-state index in [4.69, 9.17) is 0 Å². The molecule has 2 aromatic rings. The van der Waals surface area contributed by atoms with Crippen molar-refractivity contribution in [1.29, 1.82) is 0 Å². The van der Waals surface area contributed by atoms with Crippen LogP contribution in [0.1, 0.15) is 17.5 Å². The summed E-state index contributed by atoms with van der Waals surface area (Å²) in [5.74, 6) is 0.911. The summed E-state index contributed by atoms with van der Waals surface area (Å²) >= 11 is 0. The van der Waals surface area contributed by atoms with Crippen LogP contribution in [0.3, 0.4) is 0 Å². The van der Waals surface area contributed by atoms with Crippen molar-refractivity contribution in [1.82, 2.24) is 20.2 Å². The molecule has 1 aromatic carbocycles. The van der Waals surface area contributed by atoms with E-state index in [1.54, 1.807) is 0 Å². The summed E-state index contributed by atoms with van der Waals surface area (Å²) in [6, 6.07) is 8.46. The molecule has 5 heteroatoms. The Bertz CT molecular complexity index is 574. The molecule has 2 N–H and O–H groups in total. The molecule has 1 aliphatic rings. The molecule has 5 nitrogen and oxygen atoms in total. The van der Waals surface area contributed by atoms with Crippen molar-refractivity contribution >= 4 is 5.96 Å². The third-order valence-corrected chi connectivity index (χ3v) is 3.37. The van der Waals surface area contributed by atoms with Gasteiger partial charge in [0, 0.05) is 38.6 Å². The lowest BCUT2D eigenvalue weighted by Crippen LogP contribution is -2.40. The molecule has 0 saturated carbocycles. The SMILES string of the molecule is c1ccc(Cn2ccnc2)c(CNC2=NCCCN2)c1. The minimum absolute atomic E-state index is 0.788. The molecule has 0 fully saturated rings. The van der Waals surface area contributed by atoms with Gasteiger partial charge in [0.15, 0.2) is 5.96 Å². The van der Waals surface area contributed by atoms with Crippen molar-refractivity contribution in [2.24, 2.45) is 4.99 Å². The Morgan fingerprint density at radius 1 is 1.25 bits per heavy atom. The summed E-state index contributed by atoms with van der Waals surface area (Å²) in [7, 11) is 0. The number of aromatic nitrogens is 2. The maximum Gasteiger partial charge on any atom is 0.191 e. The molecule has 0 spiro atoms. The van der Waals surface area contributed by atoms with Crippen molar-refractivity contribution in [2.75, 3.05) is 13.1 Å². The van der Waals surface area contributed by atoms with Gasteiger partial charge in [-0.05, 0) is 17.5 Å². The first kappa shape index (κ1) is 12.7. The topological polar surface area (TPSA) is 54.2 Å². The van der Waals surface area contributed by atoms with E-state index >= 15 is 0 Å². The molecule has 2 heterocycles. The van der Waals surface area contributed by atoms with Crippen LogP contribution in [-0.2, 0) is 13.1 Å². The number of aliphatic imine (C=N–C) groups is 1. The zero-order valence-electron chi connectivity index (χ0n) is 11.4. The normalized spacial score (nSPS) is 14.5. The highest BCUT2D eigenvalue weighted by atomic mass is 15.2. The lowest BCUT2D eigenvalue weighted by atomic mass is 10.1. The van der Waals surface area contributed by atoms with Crippen LogP contribution in [0.25, 0.3) is 0 Å². The monoisotopic (exact) mass is 269 g/mol. The summed E-state index contributed by atoms with van der Waals surface area (Å²) in [6.07, 6.45) is 6.75. The molecule has 0 atom stereocenters. The number of hydrogen-bond acceptors (Lipinski definition) is 4. The maximum absolute atomic E-state index is 4.43. The van der Waals surface area contributed by atoms with Crippen LogP contribution in [-0.4, -0.2) is 28.6 Å². The van der Waals surface area contributed by atoms with Crippen molar-refractivity contribution < 1.29 is 0 Å². The van der Waals surface area contributed by atoms with Gasteiger partial charge in [-0.1, -0.05) is 24.3 Å². The number of nitrogens with zero attached hydrogens (tertiary/aromatic N) is 3. The van der Waals surface area contributed by atoms with Crippen LogP contribution in [0.5, 0.6) is 0 Å². The van der Waals surface area contributed by atoms with Gasteiger partial charge in [0.1, 0.15) is 0 Å². The quantitative estimate of drug-likeness (QED) is 0.881. The lowest BCUT2D eigenvalue weighted by molar-refractivity contribution is 0.698. The second kappa shape index (κ2) is 6.23. The Kier molecular flexibility index (Phi) is 3.96. The molecular weight excluding hydrogens is 250 g/mol. The third-order valence-electron chi connectivity index (χ3n) is 3.37. The van der Waals surface area contributed by atoms with E-state index in [0.29, 0.717) is 0 Å². The van der Waals surface area contributed by atoms with E-state index < -0.39 is 0 Å². The summed E-state index contributed by atoms with van der Waals surface area (Å²) in [5, 5.41) is 6.65. The minimum atomic E-state index is 0.788. The van der Waals surface area contributed by atoms with Crippen molar-refractivity contribution in [3.05, 3.63) is 54.1 Å². The molecule has 104 valence electrons. The Morgan fingerprint density at radius 3 is 2.90 bits per heavy atom. The zero-order chi connectivity index (χ0) is 13.6. The fourth-order valence-corrected chi connectivity index (χ4v) is 2.29. The van der Waals surface area contributed by atoms with Crippen LogP contribution < -0.4 is 10.6 Å². The average molecular weight is 269 g/mol. The van der Waals surface area contributed by atoms with Gasteiger partial charge in [-0.2, -0.15) is 0 Å². The second-order valence-electron chi connectivity index (χ2n) is 4.87. The predicted octanol–water partition coefficient (Wildman–Crippen LogP) is 1.37. The molecular formula is C15H19N5. The third kappa shape index (κ3) is 3.17. The molecule has 1 aliphatic heterocycles. The van der Waals surface area contributed by atoms with Crippen LogP contribution in [0.4, 0.5) is 0 Å². The zero-order valence-corrected chi connectivity index (χ0v) is 11.4. The first-order chi connectivity index (χ1) is 9.92. The van der Waals surface area contributed by atoms with Gasteiger partial charge in [0.05, 0.1) is 6.33 Å². The number of rotatable bonds is 4. The molecule has 20 heavy (non-hydrogen) atoms. The molecule has 0 saturated heterocycles. The van der Waals surface area contributed by atoms with Crippen LogP contribution in [0.15, 0.2) is 48.0 Å². The van der Waals surface area contributed by atoms with E-state index in [0.717, 1.165) is 38.6 Å². The summed E-state index contributed by atoms with van der Waals surface area (Å²) in [5.41, 5.74) is 2.59. The summed E-state index contributed by atoms with van der Waals surface area (Å²) in [6.45, 7) is 3.54. The van der Waals surface area contributed by atoms with E-state index in [9.17, 15) is 0 Å². The number of benzene rings is 1. The van der Waals surface area contributed by atoms with Gasteiger partial charge in [-0.25, -0.2) is 4.98 Å². The van der Waals surface area contributed by atoms with E-state index in [1.165, 1.54) is 11.1 Å². The van der Waals surface area contributed by atoms with E-state index in [-0.39, 0.29) is 0 Å². The van der Waals surface area contributed by atoms with Crippen LogP contribution in [0.2, 0.25) is 0 Å². The van der Waals surface area contributed by atoms with Crippen molar-refractivity contribution in [2.45, 2.75) is 19.5 Å².